The van der Waals surface area contributed by atoms with E-state index in [-0.39, 0.29) is 6.09 Å². The van der Waals surface area contributed by atoms with Gasteiger partial charge in [0.15, 0.2) is 0 Å². The molecule has 0 spiro atoms. The van der Waals surface area contributed by atoms with Crippen molar-refractivity contribution >= 4 is 6.09 Å². The first kappa shape index (κ1) is 11.9. The monoisotopic (exact) mass is 210 g/mol. The van der Waals surface area contributed by atoms with E-state index in [1.165, 1.54) is 0 Å². The van der Waals surface area contributed by atoms with Gasteiger partial charge >= 0.3 is 6.09 Å². The van der Waals surface area contributed by atoms with Crippen molar-refractivity contribution in [2.24, 2.45) is 5.73 Å². The van der Waals surface area contributed by atoms with Gasteiger partial charge in [-0.1, -0.05) is 5.92 Å². The second kappa shape index (κ2) is 3.74. The summed E-state index contributed by atoms with van der Waals surface area (Å²) in [5.74, 6) is 2.52. The Morgan fingerprint density at radius 2 is 2.20 bits per heavy atom. The number of carbonyl (C=O) groups excluding carboxylic acids is 1. The van der Waals surface area contributed by atoms with Gasteiger partial charge in [0.1, 0.15) is 5.60 Å². The molecule has 0 aromatic carbocycles. The third kappa shape index (κ3) is 3.14. The fraction of sp³-hybridized carbons (Fsp3) is 0.727. The van der Waals surface area contributed by atoms with E-state index in [2.05, 4.69) is 5.92 Å². The minimum Gasteiger partial charge on any atom is -0.444 e. The minimum atomic E-state index is -0.684. The average Bonchev–Trinajstić information content (AvgIpc) is 2.46. The lowest BCUT2D eigenvalue weighted by molar-refractivity contribution is 0.0289. The second-order valence-corrected chi connectivity index (χ2v) is 4.95. The number of terminal acetylenes is 1. The first-order chi connectivity index (χ1) is 6.76. The number of carbonyl (C=O) groups is 1. The summed E-state index contributed by atoms with van der Waals surface area (Å²) >= 11 is 0. The third-order valence-corrected chi connectivity index (χ3v) is 2.24. The summed E-state index contributed by atoms with van der Waals surface area (Å²) < 4.78 is 5.22. The molecule has 1 aliphatic heterocycles. The number of rotatable bonds is 0. The van der Waals surface area contributed by atoms with Crippen LogP contribution in [0.25, 0.3) is 0 Å². The molecule has 0 radical (unpaired) electrons. The van der Waals surface area contributed by atoms with E-state index in [1.54, 1.807) is 4.90 Å². The minimum absolute atomic E-state index is 0.343. The van der Waals surface area contributed by atoms with Gasteiger partial charge in [-0.3, -0.25) is 0 Å². The van der Waals surface area contributed by atoms with E-state index in [0.717, 1.165) is 0 Å². The number of hydrogen-bond acceptors (Lipinski definition) is 3. The SMILES string of the molecule is C#CC1(N)CCN(C(=O)OC(C)(C)C)C1. The van der Waals surface area contributed by atoms with Gasteiger partial charge in [-0.05, 0) is 27.2 Å². The summed E-state index contributed by atoms with van der Waals surface area (Å²) in [5, 5.41) is 0. The Hall–Kier alpha value is -1.21. The molecule has 0 saturated carbocycles. The zero-order valence-corrected chi connectivity index (χ0v) is 9.54. The van der Waals surface area contributed by atoms with Crippen LogP contribution in [0.3, 0.4) is 0 Å². The summed E-state index contributed by atoms with van der Waals surface area (Å²) in [6.07, 6.45) is 5.59. The average molecular weight is 210 g/mol. The number of nitrogens with zero attached hydrogens (tertiary/aromatic N) is 1. The highest BCUT2D eigenvalue weighted by molar-refractivity contribution is 5.69. The van der Waals surface area contributed by atoms with Crippen LogP contribution >= 0.6 is 0 Å². The Morgan fingerprint density at radius 1 is 1.60 bits per heavy atom. The van der Waals surface area contributed by atoms with Crippen molar-refractivity contribution in [3.63, 3.8) is 0 Å². The summed E-state index contributed by atoms with van der Waals surface area (Å²) in [4.78, 5) is 13.2. The zero-order chi connectivity index (χ0) is 11.7. The molecule has 4 heteroatoms. The summed E-state index contributed by atoms with van der Waals surface area (Å²) in [6, 6.07) is 0. The first-order valence-electron chi connectivity index (χ1n) is 5.00. The maximum Gasteiger partial charge on any atom is 0.410 e. The van der Waals surface area contributed by atoms with Crippen molar-refractivity contribution in [1.82, 2.24) is 4.90 Å². The molecule has 1 unspecified atom stereocenters. The fourth-order valence-corrected chi connectivity index (χ4v) is 1.43. The van der Waals surface area contributed by atoms with E-state index in [0.29, 0.717) is 19.5 Å². The zero-order valence-electron chi connectivity index (χ0n) is 9.54. The van der Waals surface area contributed by atoms with Crippen LogP contribution in [0.4, 0.5) is 4.79 Å². The highest BCUT2D eigenvalue weighted by atomic mass is 16.6. The highest BCUT2D eigenvalue weighted by Crippen LogP contribution is 2.20. The molecule has 1 heterocycles. The molecule has 1 rings (SSSR count). The van der Waals surface area contributed by atoms with Crippen LogP contribution in [0.15, 0.2) is 0 Å². The number of ether oxygens (including phenoxy) is 1. The van der Waals surface area contributed by atoms with Crippen LogP contribution in [-0.4, -0.2) is 35.2 Å². The maximum atomic E-state index is 11.6. The molecule has 0 aromatic heterocycles. The number of likely N-dealkylation sites (tertiary alicyclic amines) is 1. The van der Waals surface area contributed by atoms with E-state index in [4.69, 9.17) is 16.9 Å². The molecule has 1 saturated heterocycles. The van der Waals surface area contributed by atoms with Crippen molar-refractivity contribution < 1.29 is 9.53 Å². The second-order valence-electron chi connectivity index (χ2n) is 4.95. The van der Waals surface area contributed by atoms with Gasteiger partial charge in [-0.25, -0.2) is 4.79 Å². The van der Waals surface area contributed by atoms with Crippen molar-refractivity contribution in [2.45, 2.75) is 38.3 Å². The van der Waals surface area contributed by atoms with E-state index >= 15 is 0 Å². The first-order valence-corrected chi connectivity index (χ1v) is 5.00. The molecular formula is C11H18N2O2. The molecule has 4 nitrogen and oxygen atoms in total. The Kier molecular flexibility index (Phi) is 2.96. The molecule has 1 aliphatic rings. The largest absolute Gasteiger partial charge is 0.444 e. The lowest BCUT2D eigenvalue weighted by atomic mass is 10.0. The Labute approximate surface area is 90.8 Å². The molecule has 1 fully saturated rings. The number of hydrogen-bond donors (Lipinski definition) is 1. The molecule has 1 atom stereocenters. The maximum absolute atomic E-state index is 11.6. The normalized spacial score (nSPS) is 26.2. The van der Waals surface area contributed by atoms with Crippen molar-refractivity contribution in [1.29, 1.82) is 0 Å². The molecule has 1 amide bonds. The van der Waals surface area contributed by atoms with E-state index in [9.17, 15) is 4.79 Å². The van der Waals surface area contributed by atoms with Crippen LogP contribution in [0.5, 0.6) is 0 Å². The van der Waals surface area contributed by atoms with Crippen molar-refractivity contribution in [3.05, 3.63) is 0 Å². The smallest absolute Gasteiger partial charge is 0.410 e. The molecular weight excluding hydrogens is 192 g/mol. The third-order valence-electron chi connectivity index (χ3n) is 2.24. The number of amides is 1. The molecule has 0 aliphatic carbocycles. The topological polar surface area (TPSA) is 55.6 Å². The molecule has 2 N–H and O–H groups in total. The predicted molar refractivity (Wildman–Crippen MR) is 58.2 cm³/mol. The molecule has 15 heavy (non-hydrogen) atoms. The summed E-state index contributed by atoms with van der Waals surface area (Å²) in [6.45, 7) is 6.43. The number of nitrogens with two attached hydrogens (primary N) is 1. The standard InChI is InChI=1S/C11H18N2O2/c1-5-11(12)6-7-13(8-11)9(14)15-10(2,3)4/h1H,6-8,12H2,2-4H3. The van der Waals surface area contributed by atoms with Gasteiger partial charge in [0, 0.05) is 6.54 Å². The Bertz CT molecular complexity index is 301. The van der Waals surface area contributed by atoms with Crippen LogP contribution in [0.2, 0.25) is 0 Å². The fourth-order valence-electron chi connectivity index (χ4n) is 1.43. The van der Waals surface area contributed by atoms with Crippen molar-refractivity contribution in [3.8, 4) is 12.3 Å². The Balaban J connectivity index is 2.56. The van der Waals surface area contributed by atoms with Crippen LogP contribution in [-0.2, 0) is 4.74 Å². The summed E-state index contributed by atoms with van der Waals surface area (Å²) in [5.41, 5.74) is 4.70. The van der Waals surface area contributed by atoms with Gasteiger partial charge < -0.3 is 15.4 Å². The predicted octanol–water partition coefficient (Wildman–Crippen LogP) is 0.958. The van der Waals surface area contributed by atoms with Crippen LogP contribution < -0.4 is 5.73 Å². The van der Waals surface area contributed by atoms with Gasteiger partial charge in [-0.2, -0.15) is 0 Å². The van der Waals surface area contributed by atoms with Gasteiger partial charge in [0.05, 0.1) is 12.1 Å². The lowest BCUT2D eigenvalue weighted by Gasteiger charge is -2.25. The van der Waals surface area contributed by atoms with E-state index < -0.39 is 11.1 Å². The molecule has 0 aromatic rings. The quantitative estimate of drug-likeness (QED) is 0.606. The summed E-state index contributed by atoms with van der Waals surface area (Å²) in [7, 11) is 0. The van der Waals surface area contributed by atoms with E-state index in [1.807, 2.05) is 20.8 Å². The lowest BCUT2D eigenvalue weighted by Crippen LogP contribution is -2.43. The molecule has 0 bridgehead atoms. The molecule has 84 valence electrons. The van der Waals surface area contributed by atoms with Gasteiger partial charge in [0.2, 0.25) is 0 Å². The Morgan fingerprint density at radius 3 is 2.60 bits per heavy atom. The van der Waals surface area contributed by atoms with Crippen LogP contribution in [0, 0.1) is 12.3 Å². The highest BCUT2D eigenvalue weighted by Gasteiger charge is 2.36. The van der Waals surface area contributed by atoms with Gasteiger partial charge in [0.25, 0.3) is 0 Å². The van der Waals surface area contributed by atoms with Gasteiger partial charge in [-0.15, -0.1) is 6.42 Å². The van der Waals surface area contributed by atoms with Crippen LogP contribution in [0.1, 0.15) is 27.2 Å². The van der Waals surface area contributed by atoms with Crippen molar-refractivity contribution in [2.75, 3.05) is 13.1 Å².